The minimum atomic E-state index is -0.484. The molecule has 21 heavy (non-hydrogen) atoms. The molecule has 6 nitrogen and oxygen atoms in total. The van der Waals surface area contributed by atoms with Crippen LogP contribution in [0.4, 0.5) is 10.6 Å². The Morgan fingerprint density at radius 2 is 2.14 bits per heavy atom. The molecule has 0 aromatic carbocycles. The van der Waals surface area contributed by atoms with Crippen LogP contribution in [0.3, 0.4) is 0 Å². The van der Waals surface area contributed by atoms with Gasteiger partial charge in [0, 0.05) is 19.0 Å². The number of amides is 1. The highest BCUT2D eigenvalue weighted by Crippen LogP contribution is 2.20. The molecule has 6 heteroatoms. The largest absolute Gasteiger partial charge is 0.472 e. The van der Waals surface area contributed by atoms with E-state index in [1.807, 2.05) is 33.8 Å². The van der Waals surface area contributed by atoms with Gasteiger partial charge in [-0.15, -0.1) is 0 Å². The quantitative estimate of drug-likeness (QED) is 0.905. The minimum Gasteiger partial charge on any atom is -0.472 e. The van der Waals surface area contributed by atoms with Crippen LogP contribution >= 0.6 is 0 Å². The highest BCUT2D eigenvalue weighted by atomic mass is 16.6. The average molecular weight is 293 g/mol. The van der Waals surface area contributed by atoms with E-state index < -0.39 is 5.60 Å². The van der Waals surface area contributed by atoms with Gasteiger partial charge in [-0.3, -0.25) is 0 Å². The monoisotopic (exact) mass is 293 g/mol. The third kappa shape index (κ3) is 4.51. The van der Waals surface area contributed by atoms with Gasteiger partial charge in [-0.25, -0.2) is 4.79 Å². The molecule has 1 aliphatic heterocycles. The van der Waals surface area contributed by atoms with Gasteiger partial charge in [0.05, 0.1) is 6.54 Å². The van der Waals surface area contributed by atoms with Crippen molar-refractivity contribution in [3.05, 3.63) is 17.7 Å². The van der Waals surface area contributed by atoms with Gasteiger partial charge in [-0.05, 0) is 39.3 Å². The standard InChI is InChI=1S/C15H23N3O3/c1-10-7-12(16)17-13(8-10)20-11-5-6-18(9-11)14(19)21-15(2,3)4/h7-8,11H,5-6,9H2,1-4H3,(H2,16,17)/t11-/m0/s1. The number of carbonyl (C=O) groups is 1. The fourth-order valence-corrected chi connectivity index (χ4v) is 2.21. The normalized spacial score (nSPS) is 18.7. The molecule has 0 radical (unpaired) electrons. The lowest BCUT2D eigenvalue weighted by atomic mass is 10.2. The summed E-state index contributed by atoms with van der Waals surface area (Å²) in [6.07, 6.45) is 0.380. The van der Waals surface area contributed by atoms with Gasteiger partial charge in [0.25, 0.3) is 0 Å². The number of nitrogens with zero attached hydrogens (tertiary/aromatic N) is 2. The maximum atomic E-state index is 12.0. The number of hydrogen-bond donors (Lipinski definition) is 1. The van der Waals surface area contributed by atoms with Crippen molar-refractivity contribution in [1.29, 1.82) is 0 Å². The molecule has 116 valence electrons. The lowest BCUT2D eigenvalue weighted by molar-refractivity contribution is 0.0275. The summed E-state index contributed by atoms with van der Waals surface area (Å²) in [5.74, 6) is 0.940. The van der Waals surface area contributed by atoms with E-state index in [0.29, 0.717) is 24.8 Å². The zero-order chi connectivity index (χ0) is 15.6. The fraction of sp³-hybridized carbons (Fsp3) is 0.600. The van der Waals surface area contributed by atoms with Crippen molar-refractivity contribution in [3.63, 3.8) is 0 Å². The number of rotatable bonds is 2. The molecule has 1 atom stereocenters. The van der Waals surface area contributed by atoms with E-state index in [1.165, 1.54) is 0 Å². The first-order valence-electron chi connectivity index (χ1n) is 7.12. The number of pyridine rings is 1. The molecule has 0 bridgehead atoms. The summed E-state index contributed by atoms with van der Waals surface area (Å²) in [5.41, 5.74) is 6.22. The summed E-state index contributed by atoms with van der Waals surface area (Å²) >= 11 is 0. The number of aryl methyl sites for hydroxylation is 1. The summed E-state index contributed by atoms with van der Waals surface area (Å²) in [4.78, 5) is 17.8. The zero-order valence-corrected chi connectivity index (χ0v) is 13.0. The Bertz CT molecular complexity index is 505. The second kappa shape index (κ2) is 5.79. The summed E-state index contributed by atoms with van der Waals surface area (Å²) in [6.45, 7) is 8.63. The SMILES string of the molecule is Cc1cc(N)nc(O[C@H]2CCN(C(=O)OC(C)(C)C)C2)c1. The van der Waals surface area contributed by atoms with Crippen LogP contribution in [0.25, 0.3) is 0 Å². The molecule has 1 saturated heterocycles. The van der Waals surface area contributed by atoms with E-state index >= 15 is 0 Å². The highest BCUT2D eigenvalue weighted by molar-refractivity contribution is 5.68. The van der Waals surface area contributed by atoms with E-state index in [0.717, 1.165) is 12.0 Å². The highest BCUT2D eigenvalue weighted by Gasteiger charge is 2.31. The number of likely N-dealkylation sites (tertiary alicyclic amines) is 1. The Balaban J connectivity index is 1.92. The number of hydrogen-bond acceptors (Lipinski definition) is 5. The summed E-state index contributed by atoms with van der Waals surface area (Å²) in [7, 11) is 0. The van der Waals surface area contributed by atoms with E-state index in [-0.39, 0.29) is 12.2 Å². The smallest absolute Gasteiger partial charge is 0.410 e. The van der Waals surface area contributed by atoms with Crippen molar-refractivity contribution >= 4 is 11.9 Å². The van der Waals surface area contributed by atoms with Crippen LogP contribution in [0, 0.1) is 6.92 Å². The van der Waals surface area contributed by atoms with Crippen molar-refractivity contribution in [2.75, 3.05) is 18.8 Å². The summed E-state index contributed by atoms with van der Waals surface area (Å²) in [6, 6.07) is 3.63. The van der Waals surface area contributed by atoms with Gasteiger partial charge < -0.3 is 20.1 Å². The van der Waals surface area contributed by atoms with E-state index in [2.05, 4.69) is 4.98 Å². The third-order valence-electron chi connectivity index (χ3n) is 3.05. The van der Waals surface area contributed by atoms with E-state index in [4.69, 9.17) is 15.2 Å². The second-order valence-electron chi connectivity index (χ2n) is 6.36. The van der Waals surface area contributed by atoms with Crippen LogP contribution in [0.1, 0.15) is 32.8 Å². The molecule has 0 unspecified atom stereocenters. The predicted octanol–water partition coefficient (Wildman–Crippen LogP) is 2.36. The second-order valence-corrected chi connectivity index (χ2v) is 6.36. The topological polar surface area (TPSA) is 77.7 Å². The molecule has 1 aromatic heterocycles. The molecule has 2 rings (SSSR count). The van der Waals surface area contributed by atoms with Crippen LogP contribution in [-0.2, 0) is 4.74 Å². The zero-order valence-electron chi connectivity index (χ0n) is 13.0. The number of ether oxygens (including phenoxy) is 2. The molecule has 0 saturated carbocycles. The van der Waals surface area contributed by atoms with Gasteiger partial charge in [0.1, 0.15) is 17.5 Å². The van der Waals surface area contributed by atoms with Crippen molar-refractivity contribution < 1.29 is 14.3 Å². The van der Waals surface area contributed by atoms with Crippen LogP contribution < -0.4 is 10.5 Å². The minimum absolute atomic E-state index is 0.0776. The Morgan fingerprint density at radius 3 is 2.76 bits per heavy atom. The number of nitrogen functional groups attached to an aromatic ring is 1. The van der Waals surface area contributed by atoms with Crippen LogP contribution in [0.5, 0.6) is 5.88 Å². The molecule has 0 spiro atoms. The third-order valence-corrected chi connectivity index (χ3v) is 3.05. The van der Waals surface area contributed by atoms with Gasteiger partial charge >= 0.3 is 6.09 Å². The molecule has 2 heterocycles. The maximum Gasteiger partial charge on any atom is 0.410 e. The first-order chi connectivity index (χ1) is 9.73. The lowest BCUT2D eigenvalue weighted by Gasteiger charge is -2.24. The number of aromatic nitrogens is 1. The lowest BCUT2D eigenvalue weighted by Crippen LogP contribution is -2.36. The van der Waals surface area contributed by atoms with Crippen molar-refractivity contribution in [3.8, 4) is 5.88 Å². The van der Waals surface area contributed by atoms with Crippen molar-refractivity contribution in [1.82, 2.24) is 9.88 Å². The van der Waals surface area contributed by atoms with Crippen molar-refractivity contribution in [2.24, 2.45) is 0 Å². The van der Waals surface area contributed by atoms with Crippen LogP contribution in [0.2, 0.25) is 0 Å². The summed E-state index contributed by atoms with van der Waals surface area (Å²) < 4.78 is 11.2. The van der Waals surface area contributed by atoms with E-state index in [1.54, 1.807) is 11.0 Å². The van der Waals surface area contributed by atoms with Gasteiger partial charge in [0.2, 0.25) is 5.88 Å². The molecule has 2 N–H and O–H groups in total. The molecular formula is C15H23N3O3. The average Bonchev–Trinajstić information content (AvgIpc) is 2.73. The molecule has 0 aliphatic carbocycles. The first-order valence-corrected chi connectivity index (χ1v) is 7.12. The summed E-state index contributed by atoms with van der Waals surface area (Å²) in [5, 5.41) is 0. The maximum absolute atomic E-state index is 12.0. The van der Waals surface area contributed by atoms with Gasteiger partial charge in [-0.1, -0.05) is 0 Å². The Morgan fingerprint density at radius 1 is 1.43 bits per heavy atom. The Kier molecular flexibility index (Phi) is 4.25. The predicted molar refractivity (Wildman–Crippen MR) is 80.2 cm³/mol. The molecular weight excluding hydrogens is 270 g/mol. The first kappa shape index (κ1) is 15.4. The van der Waals surface area contributed by atoms with Crippen LogP contribution in [-0.4, -0.2) is 40.8 Å². The number of nitrogens with two attached hydrogens (primary N) is 1. The molecule has 1 fully saturated rings. The molecule has 1 amide bonds. The van der Waals surface area contributed by atoms with Gasteiger partial charge in [0.15, 0.2) is 0 Å². The number of carbonyl (C=O) groups excluding carboxylic acids is 1. The van der Waals surface area contributed by atoms with Gasteiger partial charge in [-0.2, -0.15) is 4.98 Å². The van der Waals surface area contributed by atoms with Crippen LogP contribution in [0.15, 0.2) is 12.1 Å². The fourth-order valence-electron chi connectivity index (χ4n) is 2.21. The molecule has 1 aromatic rings. The number of anilines is 1. The Labute approximate surface area is 125 Å². The van der Waals surface area contributed by atoms with Crippen molar-refractivity contribution in [2.45, 2.75) is 45.8 Å². The van der Waals surface area contributed by atoms with E-state index in [9.17, 15) is 4.79 Å². The Hall–Kier alpha value is -1.98. The molecule has 1 aliphatic rings.